The van der Waals surface area contributed by atoms with Gasteiger partial charge in [-0.05, 0) is 48.5 Å². The van der Waals surface area contributed by atoms with Crippen molar-refractivity contribution in [2.45, 2.75) is 16.8 Å². The van der Waals surface area contributed by atoms with Crippen molar-refractivity contribution < 1.29 is 39.5 Å². The van der Waals surface area contributed by atoms with Crippen LogP contribution >= 0.6 is 0 Å². The molecule has 4 aromatic rings. The van der Waals surface area contributed by atoms with Crippen molar-refractivity contribution in [3.05, 3.63) is 83.3 Å². The predicted molar refractivity (Wildman–Crippen MR) is 112 cm³/mol. The van der Waals surface area contributed by atoms with E-state index in [2.05, 4.69) is 14.9 Å². The van der Waals surface area contributed by atoms with Crippen LogP contribution in [0.5, 0.6) is 5.75 Å². The van der Waals surface area contributed by atoms with Crippen LogP contribution in [0.25, 0.3) is 22.8 Å². The standard InChI is InChI=1S/C21H12F6N4O4S/c22-20(23,24)35-15-6-4-13(5-7-15)30-11-9-18(32)19(29-30)17-8-10-28-31(17)14-2-1-3-16(12-14)36(33,34)21(25,26)27/h1-12H. The maximum absolute atomic E-state index is 13.0. The summed E-state index contributed by atoms with van der Waals surface area (Å²) in [5.41, 5.74) is -6.15. The van der Waals surface area contributed by atoms with Crippen molar-refractivity contribution in [3.63, 3.8) is 0 Å². The van der Waals surface area contributed by atoms with Gasteiger partial charge >= 0.3 is 11.9 Å². The van der Waals surface area contributed by atoms with Gasteiger partial charge in [-0.25, -0.2) is 17.8 Å². The Labute approximate surface area is 197 Å². The molecule has 0 aliphatic rings. The molecule has 0 saturated carbocycles. The maximum Gasteiger partial charge on any atom is 0.573 e. The summed E-state index contributed by atoms with van der Waals surface area (Å²) < 4.78 is 106. The highest BCUT2D eigenvalue weighted by molar-refractivity contribution is 7.92. The van der Waals surface area contributed by atoms with Gasteiger partial charge in [0.25, 0.3) is 9.84 Å². The molecule has 0 aliphatic heterocycles. The average molecular weight is 530 g/mol. The molecule has 2 heterocycles. The van der Waals surface area contributed by atoms with E-state index in [0.29, 0.717) is 0 Å². The molecule has 4 rings (SSSR count). The van der Waals surface area contributed by atoms with E-state index in [1.165, 1.54) is 41.3 Å². The van der Waals surface area contributed by atoms with Crippen molar-refractivity contribution in [2.75, 3.05) is 0 Å². The fraction of sp³-hybridized carbons (Fsp3) is 0.0952. The second-order valence-electron chi connectivity index (χ2n) is 7.09. The van der Waals surface area contributed by atoms with E-state index in [4.69, 9.17) is 0 Å². The first-order chi connectivity index (χ1) is 16.8. The lowest BCUT2D eigenvalue weighted by Crippen LogP contribution is -2.23. The Morgan fingerprint density at radius 3 is 2.19 bits per heavy atom. The van der Waals surface area contributed by atoms with Gasteiger partial charge in [-0.1, -0.05) is 6.07 Å². The van der Waals surface area contributed by atoms with Gasteiger partial charge in [-0.2, -0.15) is 23.4 Å². The monoisotopic (exact) mass is 530 g/mol. The van der Waals surface area contributed by atoms with Crippen LogP contribution in [0.3, 0.4) is 0 Å². The second kappa shape index (κ2) is 8.82. The summed E-state index contributed by atoms with van der Waals surface area (Å²) in [4.78, 5) is 11.5. The van der Waals surface area contributed by atoms with Gasteiger partial charge in [0.15, 0.2) is 5.69 Å². The van der Waals surface area contributed by atoms with Crippen molar-refractivity contribution in [1.82, 2.24) is 19.6 Å². The minimum atomic E-state index is -5.64. The minimum Gasteiger partial charge on any atom is -0.406 e. The first-order valence-electron chi connectivity index (χ1n) is 9.69. The molecule has 0 fully saturated rings. The number of hydrogen-bond acceptors (Lipinski definition) is 6. The molecule has 0 amide bonds. The highest BCUT2D eigenvalue weighted by atomic mass is 32.2. The van der Waals surface area contributed by atoms with Crippen LogP contribution in [-0.2, 0) is 9.84 Å². The van der Waals surface area contributed by atoms with Crippen molar-refractivity contribution in [2.24, 2.45) is 0 Å². The van der Waals surface area contributed by atoms with Gasteiger partial charge in [-0.15, -0.1) is 13.2 Å². The lowest BCUT2D eigenvalue weighted by Gasteiger charge is -2.12. The van der Waals surface area contributed by atoms with Gasteiger partial charge in [0, 0.05) is 12.3 Å². The van der Waals surface area contributed by atoms with E-state index in [9.17, 15) is 39.6 Å². The maximum atomic E-state index is 13.0. The Morgan fingerprint density at radius 2 is 1.56 bits per heavy atom. The van der Waals surface area contributed by atoms with Gasteiger partial charge in [0.05, 0.1) is 28.2 Å². The number of benzene rings is 2. The summed E-state index contributed by atoms with van der Waals surface area (Å²) in [7, 11) is -5.64. The van der Waals surface area contributed by atoms with Crippen LogP contribution in [0.15, 0.2) is 82.7 Å². The highest BCUT2D eigenvalue weighted by Gasteiger charge is 2.47. The number of ether oxygens (including phenoxy) is 1. The number of hydrogen-bond donors (Lipinski definition) is 0. The molecule has 0 bridgehead atoms. The fourth-order valence-electron chi connectivity index (χ4n) is 3.13. The third kappa shape index (κ3) is 4.95. The largest absolute Gasteiger partial charge is 0.573 e. The second-order valence-corrected chi connectivity index (χ2v) is 9.03. The van der Waals surface area contributed by atoms with E-state index in [1.807, 2.05) is 0 Å². The molecule has 0 aliphatic carbocycles. The summed E-state index contributed by atoms with van der Waals surface area (Å²) in [6.07, 6.45) is -2.40. The smallest absolute Gasteiger partial charge is 0.406 e. The SMILES string of the molecule is O=c1ccn(-c2ccc(OC(F)(F)F)cc2)nc1-c1ccnn1-c1cccc(S(=O)(=O)C(F)(F)F)c1. The van der Waals surface area contributed by atoms with Crippen LogP contribution in [0.4, 0.5) is 26.3 Å². The van der Waals surface area contributed by atoms with Crippen molar-refractivity contribution >= 4 is 9.84 Å². The topological polar surface area (TPSA) is 96.1 Å². The normalized spacial score (nSPS) is 12.5. The quantitative estimate of drug-likeness (QED) is 0.358. The Hall–Kier alpha value is -4.14. The molecule has 0 radical (unpaired) electrons. The average Bonchev–Trinajstić information content (AvgIpc) is 3.28. The minimum absolute atomic E-state index is 0.0212. The van der Waals surface area contributed by atoms with E-state index in [0.717, 1.165) is 41.1 Å². The lowest BCUT2D eigenvalue weighted by molar-refractivity contribution is -0.274. The summed E-state index contributed by atoms with van der Waals surface area (Å²) in [5, 5.41) is 8.13. The Bertz CT molecular complexity index is 1580. The van der Waals surface area contributed by atoms with Gasteiger partial charge in [-0.3, -0.25) is 4.79 Å². The van der Waals surface area contributed by atoms with Crippen LogP contribution in [-0.4, -0.2) is 39.8 Å². The number of rotatable bonds is 5. The lowest BCUT2D eigenvalue weighted by atomic mass is 10.2. The summed E-state index contributed by atoms with van der Waals surface area (Å²) in [6.45, 7) is 0. The fourth-order valence-corrected chi connectivity index (χ4v) is 3.93. The molecule has 2 aromatic carbocycles. The number of nitrogens with zero attached hydrogens (tertiary/aromatic N) is 4. The molecular weight excluding hydrogens is 518 g/mol. The Kier molecular flexibility index (Phi) is 6.12. The first-order valence-corrected chi connectivity index (χ1v) is 11.2. The van der Waals surface area contributed by atoms with Crippen LogP contribution in [0.2, 0.25) is 0 Å². The Balaban J connectivity index is 1.74. The molecule has 0 saturated heterocycles. The van der Waals surface area contributed by atoms with E-state index >= 15 is 0 Å². The molecule has 0 unspecified atom stereocenters. The summed E-state index contributed by atoms with van der Waals surface area (Å²) >= 11 is 0. The third-order valence-electron chi connectivity index (χ3n) is 4.71. The molecule has 8 nitrogen and oxygen atoms in total. The van der Waals surface area contributed by atoms with E-state index in [-0.39, 0.29) is 22.8 Å². The van der Waals surface area contributed by atoms with E-state index in [1.54, 1.807) is 0 Å². The van der Waals surface area contributed by atoms with Gasteiger partial charge in [0.1, 0.15) is 5.75 Å². The highest BCUT2D eigenvalue weighted by Crippen LogP contribution is 2.31. The molecule has 0 spiro atoms. The molecule has 188 valence electrons. The molecule has 36 heavy (non-hydrogen) atoms. The van der Waals surface area contributed by atoms with Crippen LogP contribution < -0.4 is 10.2 Å². The van der Waals surface area contributed by atoms with Gasteiger partial charge < -0.3 is 4.74 Å². The first kappa shape index (κ1) is 25.0. The number of halogens is 6. The van der Waals surface area contributed by atoms with Gasteiger partial charge in [0.2, 0.25) is 5.43 Å². The van der Waals surface area contributed by atoms with Crippen LogP contribution in [0.1, 0.15) is 0 Å². The number of aromatic nitrogens is 4. The zero-order chi connectivity index (χ0) is 26.3. The molecular formula is C21H12F6N4O4S. The van der Waals surface area contributed by atoms with E-state index < -0.39 is 37.8 Å². The summed E-state index contributed by atoms with van der Waals surface area (Å²) in [5.74, 6) is -0.473. The number of sulfone groups is 1. The Morgan fingerprint density at radius 1 is 0.861 bits per heavy atom. The number of alkyl halides is 6. The molecule has 2 aromatic heterocycles. The van der Waals surface area contributed by atoms with Crippen molar-refractivity contribution in [3.8, 4) is 28.5 Å². The van der Waals surface area contributed by atoms with Crippen molar-refractivity contribution in [1.29, 1.82) is 0 Å². The molecule has 0 N–H and O–H groups in total. The third-order valence-corrected chi connectivity index (χ3v) is 6.19. The van der Waals surface area contributed by atoms with Crippen LogP contribution in [0, 0.1) is 0 Å². The summed E-state index contributed by atoms with van der Waals surface area (Å²) in [6, 6.07) is 10.9. The zero-order valence-corrected chi connectivity index (χ0v) is 18.3. The predicted octanol–water partition coefficient (Wildman–Crippen LogP) is 4.28. The molecule has 0 atom stereocenters. The zero-order valence-electron chi connectivity index (χ0n) is 17.5. The molecule has 15 heteroatoms.